The summed E-state index contributed by atoms with van der Waals surface area (Å²) in [4.78, 5) is 29.9. The predicted octanol–water partition coefficient (Wildman–Crippen LogP) is 2.28. The van der Waals surface area contributed by atoms with Gasteiger partial charge in [-0.1, -0.05) is 0 Å². The van der Waals surface area contributed by atoms with Gasteiger partial charge in [0.2, 0.25) is 0 Å². The summed E-state index contributed by atoms with van der Waals surface area (Å²) in [5, 5.41) is 5.22. The van der Waals surface area contributed by atoms with Crippen LogP contribution in [0.1, 0.15) is 12.8 Å². The highest BCUT2D eigenvalue weighted by molar-refractivity contribution is 7.14. The fraction of sp³-hybridized carbons (Fsp3) is 0.353. The van der Waals surface area contributed by atoms with E-state index >= 15 is 0 Å². The van der Waals surface area contributed by atoms with Crippen LogP contribution in [0.4, 0.5) is 10.8 Å². The number of nitrogens with zero attached hydrogens (tertiary/aromatic N) is 2. The minimum Gasteiger partial charge on any atom is -0.482 e. The number of hydrogen-bond donors (Lipinski definition) is 1. The minimum absolute atomic E-state index is 0.0545. The Labute approximate surface area is 148 Å². The van der Waals surface area contributed by atoms with Gasteiger partial charge in [-0.2, -0.15) is 0 Å². The van der Waals surface area contributed by atoms with Crippen LogP contribution in [-0.2, 0) is 14.3 Å². The maximum Gasteiger partial charge on any atom is 0.264 e. The minimum atomic E-state index is -0.382. The largest absolute Gasteiger partial charge is 0.482 e. The number of aromatic nitrogens is 1. The number of amides is 2. The lowest BCUT2D eigenvalue weighted by Gasteiger charge is -2.26. The van der Waals surface area contributed by atoms with Crippen molar-refractivity contribution in [3.05, 3.63) is 23.6 Å². The molecule has 0 radical (unpaired) electrons. The van der Waals surface area contributed by atoms with E-state index in [0.717, 1.165) is 24.1 Å². The molecule has 0 aliphatic carbocycles. The number of nitrogens with one attached hydrogen (secondary N) is 1. The van der Waals surface area contributed by atoms with E-state index in [1.54, 1.807) is 11.9 Å². The van der Waals surface area contributed by atoms with Gasteiger partial charge >= 0.3 is 0 Å². The van der Waals surface area contributed by atoms with E-state index in [0.29, 0.717) is 23.2 Å². The fourth-order valence-corrected chi connectivity index (χ4v) is 3.59. The Morgan fingerprint density at radius 2 is 2.32 bits per heavy atom. The molecule has 1 saturated heterocycles. The summed E-state index contributed by atoms with van der Waals surface area (Å²) in [5.74, 6) is 0.433. The van der Waals surface area contributed by atoms with E-state index in [9.17, 15) is 9.59 Å². The molecule has 7 nitrogen and oxygen atoms in total. The van der Waals surface area contributed by atoms with Gasteiger partial charge in [-0.05, 0) is 31.0 Å². The molecule has 1 atom stereocenters. The van der Waals surface area contributed by atoms with Crippen molar-refractivity contribution in [3.8, 4) is 17.0 Å². The van der Waals surface area contributed by atoms with Crippen LogP contribution in [0.2, 0.25) is 0 Å². The third-order valence-electron chi connectivity index (χ3n) is 4.30. The summed E-state index contributed by atoms with van der Waals surface area (Å²) in [5.41, 5.74) is 2.31. The second-order valence-corrected chi connectivity index (χ2v) is 6.81. The van der Waals surface area contributed by atoms with Gasteiger partial charge in [0, 0.05) is 24.6 Å². The van der Waals surface area contributed by atoms with Gasteiger partial charge in [-0.15, -0.1) is 11.3 Å². The van der Waals surface area contributed by atoms with Crippen LogP contribution in [0.25, 0.3) is 11.3 Å². The summed E-state index contributed by atoms with van der Waals surface area (Å²) in [6, 6.07) is 5.59. The van der Waals surface area contributed by atoms with Gasteiger partial charge in [0.05, 0.1) is 11.4 Å². The zero-order valence-corrected chi connectivity index (χ0v) is 14.5. The van der Waals surface area contributed by atoms with Crippen molar-refractivity contribution < 1.29 is 19.1 Å². The van der Waals surface area contributed by atoms with Crippen molar-refractivity contribution in [1.29, 1.82) is 0 Å². The average molecular weight is 359 g/mol. The molecule has 1 N–H and O–H groups in total. The molecule has 0 bridgehead atoms. The SMILES string of the molecule is CN1C(=O)COc2ccc(-c3csc(NC(=O)[C@@H]4CCCO4)n3)cc21. The Morgan fingerprint density at radius 3 is 3.12 bits per heavy atom. The topological polar surface area (TPSA) is 80.8 Å². The molecule has 1 aromatic carbocycles. The molecule has 1 aromatic heterocycles. The van der Waals surface area contributed by atoms with Gasteiger partial charge in [0.1, 0.15) is 11.9 Å². The summed E-state index contributed by atoms with van der Waals surface area (Å²) in [6.07, 6.45) is 1.27. The number of hydrogen-bond acceptors (Lipinski definition) is 6. The normalized spacial score (nSPS) is 19.5. The Morgan fingerprint density at radius 1 is 1.44 bits per heavy atom. The van der Waals surface area contributed by atoms with E-state index in [2.05, 4.69) is 10.3 Å². The first kappa shape index (κ1) is 16.0. The molecule has 0 spiro atoms. The second-order valence-electron chi connectivity index (χ2n) is 5.95. The van der Waals surface area contributed by atoms with Crippen LogP contribution in [0.15, 0.2) is 23.6 Å². The van der Waals surface area contributed by atoms with Gasteiger partial charge in [-0.3, -0.25) is 14.9 Å². The van der Waals surface area contributed by atoms with Gasteiger partial charge < -0.3 is 14.4 Å². The number of benzene rings is 1. The lowest BCUT2D eigenvalue weighted by Crippen LogP contribution is -2.35. The van der Waals surface area contributed by atoms with E-state index < -0.39 is 0 Å². The maximum atomic E-state index is 12.1. The van der Waals surface area contributed by atoms with Crippen molar-refractivity contribution in [2.45, 2.75) is 18.9 Å². The number of carbonyl (C=O) groups is 2. The molecule has 8 heteroatoms. The highest BCUT2D eigenvalue weighted by atomic mass is 32.1. The van der Waals surface area contributed by atoms with Crippen LogP contribution in [0.3, 0.4) is 0 Å². The quantitative estimate of drug-likeness (QED) is 0.909. The van der Waals surface area contributed by atoms with Crippen molar-refractivity contribution in [3.63, 3.8) is 0 Å². The molecule has 4 rings (SSSR count). The number of fused-ring (bicyclic) bond motifs is 1. The summed E-state index contributed by atoms with van der Waals surface area (Å²) >= 11 is 1.36. The van der Waals surface area contributed by atoms with E-state index in [4.69, 9.17) is 9.47 Å². The lowest BCUT2D eigenvalue weighted by molar-refractivity contribution is -0.124. The van der Waals surface area contributed by atoms with Crippen LogP contribution in [-0.4, -0.2) is 43.2 Å². The molecule has 0 unspecified atom stereocenters. The van der Waals surface area contributed by atoms with Gasteiger partial charge in [0.15, 0.2) is 11.7 Å². The van der Waals surface area contributed by atoms with Gasteiger partial charge in [-0.25, -0.2) is 4.98 Å². The molecule has 1 fully saturated rings. The molecule has 2 aliphatic heterocycles. The number of anilines is 2. The van der Waals surface area contributed by atoms with Crippen molar-refractivity contribution in [2.24, 2.45) is 0 Å². The Kier molecular flexibility index (Phi) is 4.14. The van der Waals surface area contributed by atoms with E-state index in [-0.39, 0.29) is 24.5 Å². The lowest BCUT2D eigenvalue weighted by atomic mass is 10.1. The molecule has 130 valence electrons. The number of thiazole rings is 1. The summed E-state index contributed by atoms with van der Waals surface area (Å²) in [6.45, 7) is 0.684. The zero-order valence-electron chi connectivity index (χ0n) is 13.7. The predicted molar refractivity (Wildman–Crippen MR) is 94.1 cm³/mol. The van der Waals surface area contributed by atoms with Crippen LogP contribution >= 0.6 is 11.3 Å². The molecule has 2 aromatic rings. The number of rotatable bonds is 3. The number of carbonyl (C=O) groups excluding carboxylic acids is 2. The summed E-state index contributed by atoms with van der Waals surface area (Å²) in [7, 11) is 1.72. The Bertz CT molecular complexity index is 829. The Hall–Kier alpha value is -2.45. The van der Waals surface area contributed by atoms with Crippen molar-refractivity contribution in [1.82, 2.24) is 4.98 Å². The second kappa shape index (κ2) is 6.45. The average Bonchev–Trinajstić information content (AvgIpc) is 3.30. The molecule has 25 heavy (non-hydrogen) atoms. The highest BCUT2D eigenvalue weighted by Gasteiger charge is 2.25. The fourth-order valence-electron chi connectivity index (χ4n) is 2.87. The van der Waals surface area contributed by atoms with Crippen LogP contribution in [0.5, 0.6) is 5.75 Å². The zero-order chi connectivity index (χ0) is 17.4. The molecule has 0 saturated carbocycles. The third kappa shape index (κ3) is 3.10. The standard InChI is InChI=1S/C17H17N3O4S/c1-20-12-7-10(4-5-13(12)24-8-15(20)21)11-9-25-17(18-11)19-16(22)14-3-2-6-23-14/h4-5,7,9,14H,2-3,6,8H2,1H3,(H,18,19,22)/t14-/m0/s1. The number of likely N-dealkylation sites (N-methyl/N-ethyl adjacent to an activating group) is 1. The molecule has 2 amide bonds. The van der Waals surface area contributed by atoms with Crippen LogP contribution in [0, 0.1) is 0 Å². The summed E-state index contributed by atoms with van der Waals surface area (Å²) < 4.78 is 10.8. The van der Waals surface area contributed by atoms with Crippen molar-refractivity contribution >= 4 is 34.0 Å². The first-order valence-electron chi connectivity index (χ1n) is 8.03. The maximum absolute atomic E-state index is 12.1. The molecule has 2 aliphatic rings. The highest BCUT2D eigenvalue weighted by Crippen LogP contribution is 2.36. The van der Waals surface area contributed by atoms with E-state index in [1.165, 1.54) is 11.3 Å². The molecular formula is C17H17N3O4S. The smallest absolute Gasteiger partial charge is 0.264 e. The monoisotopic (exact) mass is 359 g/mol. The van der Waals surface area contributed by atoms with E-state index in [1.807, 2.05) is 23.6 Å². The van der Waals surface area contributed by atoms with Gasteiger partial charge in [0.25, 0.3) is 11.8 Å². The first-order valence-corrected chi connectivity index (χ1v) is 8.91. The number of ether oxygens (including phenoxy) is 2. The van der Waals surface area contributed by atoms with Crippen molar-refractivity contribution in [2.75, 3.05) is 30.5 Å². The molecule has 3 heterocycles. The Balaban J connectivity index is 1.54. The third-order valence-corrected chi connectivity index (χ3v) is 5.06. The van der Waals surface area contributed by atoms with Crippen LogP contribution < -0.4 is 15.0 Å². The first-order chi connectivity index (χ1) is 12.1. The molecular weight excluding hydrogens is 342 g/mol.